The van der Waals surface area contributed by atoms with Gasteiger partial charge in [-0.2, -0.15) is 0 Å². The van der Waals surface area contributed by atoms with Crippen molar-refractivity contribution in [2.45, 2.75) is 140 Å². The van der Waals surface area contributed by atoms with Gasteiger partial charge in [0.2, 0.25) is 8.32 Å². The van der Waals surface area contributed by atoms with Gasteiger partial charge >= 0.3 is 0 Å². The summed E-state index contributed by atoms with van der Waals surface area (Å²) in [5.41, 5.74) is 0.419. The molecule has 0 radical (unpaired) electrons. The second kappa shape index (κ2) is 12.8. The molecule has 204 valence electrons. The van der Waals surface area contributed by atoms with Crippen molar-refractivity contribution < 1.29 is 28.5 Å². The Labute approximate surface area is 215 Å². The molecule has 0 amide bonds. The number of ether oxygens (including phenoxy) is 4. The monoisotopic (exact) mass is 512 g/mol. The number of methoxy groups -OCH3 is 2. The highest BCUT2D eigenvalue weighted by molar-refractivity contribution is 6.77. The van der Waals surface area contributed by atoms with Gasteiger partial charge in [-0.3, -0.25) is 0 Å². The average Bonchev–Trinajstić information content (AvgIpc) is 3.07. The van der Waals surface area contributed by atoms with Gasteiger partial charge in [0.25, 0.3) is 0 Å². The smallest absolute Gasteiger partial charge is 0.201 e. The minimum atomic E-state index is -2.16. The molecule has 1 N–H and O–H groups in total. The lowest BCUT2D eigenvalue weighted by molar-refractivity contribution is -0.167. The predicted octanol–water partition coefficient (Wildman–Crippen LogP) is 6.49. The van der Waals surface area contributed by atoms with Crippen molar-refractivity contribution >= 4 is 8.32 Å². The van der Waals surface area contributed by atoms with Gasteiger partial charge in [0.15, 0.2) is 12.1 Å². The van der Waals surface area contributed by atoms with Crippen LogP contribution in [0.4, 0.5) is 0 Å². The summed E-state index contributed by atoms with van der Waals surface area (Å²) in [4.78, 5) is 0. The second-order valence-electron chi connectivity index (χ2n) is 11.6. The molecule has 2 aliphatic rings. The van der Waals surface area contributed by atoms with Crippen LogP contribution >= 0.6 is 0 Å². The van der Waals surface area contributed by atoms with Gasteiger partial charge < -0.3 is 28.5 Å². The molecule has 1 heterocycles. The molecule has 1 saturated heterocycles. The Morgan fingerprint density at radius 3 is 2.09 bits per heavy atom. The van der Waals surface area contributed by atoms with Crippen molar-refractivity contribution in [3.05, 3.63) is 24.3 Å². The fourth-order valence-corrected chi connectivity index (χ4v) is 11.7. The number of aliphatic hydroxyl groups is 1. The topological polar surface area (TPSA) is 66.4 Å². The van der Waals surface area contributed by atoms with E-state index >= 15 is 0 Å². The summed E-state index contributed by atoms with van der Waals surface area (Å²) in [6.07, 6.45) is 11.4. The van der Waals surface area contributed by atoms with Crippen molar-refractivity contribution in [1.29, 1.82) is 0 Å². The van der Waals surface area contributed by atoms with Crippen LogP contribution < -0.4 is 0 Å². The molecule has 0 saturated carbocycles. The molecule has 35 heavy (non-hydrogen) atoms. The Morgan fingerprint density at radius 1 is 0.943 bits per heavy atom. The van der Waals surface area contributed by atoms with Crippen LogP contribution in [0.1, 0.15) is 87.5 Å². The molecular formula is C28H52O6Si. The fourth-order valence-electron chi connectivity index (χ4n) is 6.25. The lowest BCUT2D eigenvalue weighted by Gasteiger charge is -2.48. The molecule has 1 aliphatic heterocycles. The minimum Gasteiger partial charge on any atom is -0.407 e. The maximum Gasteiger partial charge on any atom is 0.201 e. The van der Waals surface area contributed by atoms with Crippen molar-refractivity contribution in [3.8, 4) is 0 Å². The van der Waals surface area contributed by atoms with E-state index in [-0.39, 0.29) is 12.4 Å². The van der Waals surface area contributed by atoms with Crippen LogP contribution in [0.2, 0.25) is 16.6 Å². The van der Waals surface area contributed by atoms with Crippen LogP contribution in [0, 0.1) is 0 Å². The highest BCUT2D eigenvalue weighted by atomic mass is 28.4. The molecule has 0 aromatic carbocycles. The third-order valence-corrected chi connectivity index (χ3v) is 13.9. The van der Waals surface area contributed by atoms with Crippen molar-refractivity contribution in [2.24, 2.45) is 0 Å². The van der Waals surface area contributed by atoms with Crippen LogP contribution in [-0.4, -0.2) is 63.6 Å². The zero-order valence-corrected chi connectivity index (χ0v) is 24.9. The van der Waals surface area contributed by atoms with E-state index < -0.39 is 31.9 Å². The first kappa shape index (κ1) is 30.7. The van der Waals surface area contributed by atoms with Gasteiger partial charge in [-0.05, 0) is 56.2 Å². The van der Waals surface area contributed by atoms with E-state index in [9.17, 15) is 5.11 Å². The first-order chi connectivity index (χ1) is 16.4. The van der Waals surface area contributed by atoms with Crippen LogP contribution in [0.25, 0.3) is 0 Å². The molecule has 6 nitrogen and oxygen atoms in total. The van der Waals surface area contributed by atoms with E-state index in [1.165, 1.54) is 0 Å². The number of unbranched alkanes of at least 4 members (excludes halogenated alkanes) is 3. The predicted molar refractivity (Wildman–Crippen MR) is 144 cm³/mol. The number of fused-ring (bicyclic) bond motifs is 1. The molecule has 2 rings (SSSR count). The molecule has 1 aliphatic carbocycles. The lowest BCUT2D eigenvalue weighted by atomic mass is 9.82. The fraction of sp³-hybridized carbons (Fsp3) is 0.857. The van der Waals surface area contributed by atoms with Crippen molar-refractivity contribution in [3.63, 3.8) is 0 Å². The minimum absolute atomic E-state index is 0.129. The van der Waals surface area contributed by atoms with Crippen molar-refractivity contribution in [2.75, 3.05) is 14.2 Å². The summed E-state index contributed by atoms with van der Waals surface area (Å²) in [5.74, 6) is -0.809. The Bertz CT molecular complexity index is 678. The summed E-state index contributed by atoms with van der Waals surface area (Å²) in [5, 5.41) is 11.1. The first-order valence-corrected chi connectivity index (χ1v) is 15.7. The SMILES string of the molecule is COC(CCCCC/C=C\[C@@]12OC(C)(C)O[C@@H]1[C@@H](O[Si](C(C)C)(C(C)C)C(C)C)C=C[C@H]2O)OC. The molecule has 0 aromatic rings. The largest absolute Gasteiger partial charge is 0.407 e. The summed E-state index contributed by atoms with van der Waals surface area (Å²) in [6, 6.07) is 0. The first-order valence-electron chi connectivity index (χ1n) is 13.5. The quantitative estimate of drug-likeness (QED) is 0.124. The molecule has 0 bridgehead atoms. The molecule has 1 fully saturated rings. The number of allylic oxidation sites excluding steroid dienone is 1. The van der Waals surface area contributed by atoms with E-state index in [0.29, 0.717) is 16.6 Å². The number of hydrogen-bond donors (Lipinski definition) is 1. The summed E-state index contributed by atoms with van der Waals surface area (Å²) < 4.78 is 30.6. The van der Waals surface area contributed by atoms with Crippen LogP contribution in [0.5, 0.6) is 0 Å². The zero-order valence-electron chi connectivity index (χ0n) is 23.9. The molecule has 0 spiro atoms. The Morgan fingerprint density at radius 2 is 1.54 bits per heavy atom. The average molecular weight is 513 g/mol. The van der Waals surface area contributed by atoms with Crippen LogP contribution in [0.15, 0.2) is 24.3 Å². The Kier molecular flexibility index (Phi) is 11.2. The normalized spacial score (nSPS) is 28.8. The molecule has 4 atom stereocenters. The van der Waals surface area contributed by atoms with E-state index in [4.69, 9.17) is 23.4 Å². The van der Waals surface area contributed by atoms with Gasteiger partial charge in [0.1, 0.15) is 17.8 Å². The maximum atomic E-state index is 11.1. The maximum absolute atomic E-state index is 11.1. The molecule has 7 heteroatoms. The lowest BCUT2D eigenvalue weighted by Crippen LogP contribution is -2.60. The van der Waals surface area contributed by atoms with Crippen molar-refractivity contribution in [1.82, 2.24) is 0 Å². The third kappa shape index (κ3) is 6.86. The second-order valence-corrected chi connectivity index (χ2v) is 17.0. The van der Waals surface area contributed by atoms with Gasteiger partial charge in [-0.15, -0.1) is 0 Å². The molecule has 0 unspecified atom stereocenters. The van der Waals surface area contributed by atoms with Gasteiger partial charge in [-0.25, -0.2) is 0 Å². The van der Waals surface area contributed by atoms with Gasteiger partial charge in [0, 0.05) is 14.2 Å². The van der Waals surface area contributed by atoms with Crippen LogP contribution in [0.3, 0.4) is 0 Å². The molecule has 0 aromatic heterocycles. The highest BCUT2D eigenvalue weighted by Crippen LogP contribution is 2.49. The van der Waals surface area contributed by atoms with E-state index in [1.807, 2.05) is 32.1 Å². The van der Waals surface area contributed by atoms with Crippen LogP contribution in [-0.2, 0) is 23.4 Å². The third-order valence-electron chi connectivity index (χ3n) is 7.78. The van der Waals surface area contributed by atoms with Gasteiger partial charge in [-0.1, -0.05) is 72.3 Å². The zero-order chi connectivity index (χ0) is 26.4. The molecular weight excluding hydrogens is 460 g/mol. The van der Waals surface area contributed by atoms with Gasteiger partial charge in [0.05, 0.1) is 6.10 Å². The summed E-state index contributed by atoms with van der Waals surface area (Å²) >= 11 is 0. The summed E-state index contributed by atoms with van der Waals surface area (Å²) in [6.45, 7) is 17.6. The Balaban J connectivity index is 2.19. The standard InChI is InChI=1S/C28H52O6Si/c1-20(2)35(21(3)4,22(5)6)33-23-17-18-24(29)28(26(23)32-27(7,8)34-28)19-15-13-11-12-14-16-25(30-9)31-10/h15,17-26,29H,11-14,16H2,1-10H3/b19-15-/t23-,24+,26+,28-/m0/s1. The van der Waals surface area contributed by atoms with E-state index in [1.54, 1.807) is 14.2 Å². The number of rotatable bonds is 14. The number of aliphatic hydroxyl groups excluding tert-OH is 1. The number of hydrogen-bond acceptors (Lipinski definition) is 6. The van der Waals surface area contributed by atoms with E-state index in [0.717, 1.165) is 32.1 Å². The van der Waals surface area contributed by atoms with E-state index in [2.05, 4.69) is 47.6 Å². The Hall–Kier alpha value is -0.543. The summed E-state index contributed by atoms with van der Waals surface area (Å²) in [7, 11) is 1.19. The highest BCUT2D eigenvalue weighted by Gasteiger charge is 2.61.